The Hall–Kier alpha value is 0.220. The summed E-state index contributed by atoms with van der Waals surface area (Å²) in [6.07, 6.45) is 3.70. The lowest BCUT2D eigenvalue weighted by atomic mass is 9.90. The number of rotatable bonds is 5. The highest BCUT2D eigenvalue weighted by molar-refractivity contribution is 8.01. The lowest BCUT2D eigenvalue weighted by Crippen LogP contribution is -2.54. The van der Waals surface area contributed by atoms with Gasteiger partial charge in [-0.25, -0.2) is 8.42 Å². The van der Waals surface area contributed by atoms with E-state index >= 15 is 0 Å². The average Bonchev–Trinajstić information content (AvgIpc) is 2.48. The van der Waals surface area contributed by atoms with Crippen molar-refractivity contribution in [2.75, 3.05) is 36.9 Å². The summed E-state index contributed by atoms with van der Waals surface area (Å²) in [5.41, 5.74) is 0. The fraction of sp³-hybridized carbons (Fsp3) is 1.00. The molecule has 0 saturated carbocycles. The summed E-state index contributed by atoms with van der Waals surface area (Å²) in [7, 11) is -2.96. The highest BCUT2D eigenvalue weighted by atomic mass is 32.2. The van der Waals surface area contributed by atoms with E-state index in [0.29, 0.717) is 6.04 Å². The lowest BCUT2D eigenvalue weighted by molar-refractivity contribution is 0.196. The van der Waals surface area contributed by atoms with Crippen LogP contribution in [0.3, 0.4) is 0 Å². The Morgan fingerprint density at radius 1 is 1.35 bits per heavy atom. The molecule has 2 fully saturated rings. The predicted octanol–water partition coefficient (Wildman–Crippen LogP) is 1.57. The minimum absolute atomic E-state index is 0.254. The van der Waals surface area contributed by atoms with Crippen LogP contribution in [0.5, 0.6) is 0 Å². The van der Waals surface area contributed by atoms with Gasteiger partial charge in [0.1, 0.15) is 5.37 Å². The zero-order valence-corrected chi connectivity index (χ0v) is 14.3. The van der Waals surface area contributed by atoms with Crippen LogP contribution in [0.25, 0.3) is 0 Å². The topological polar surface area (TPSA) is 49.4 Å². The van der Waals surface area contributed by atoms with E-state index in [-0.39, 0.29) is 11.1 Å². The normalized spacial score (nSPS) is 33.2. The minimum atomic E-state index is -2.96. The number of nitrogens with zero attached hydrogens (tertiary/aromatic N) is 1. The molecule has 3 atom stereocenters. The van der Waals surface area contributed by atoms with Gasteiger partial charge in [-0.2, -0.15) is 11.8 Å². The minimum Gasteiger partial charge on any atom is -0.313 e. The van der Waals surface area contributed by atoms with Gasteiger partial charge >= 0.3 is 0 Å². The van der Waals surface area contributed by atoms with Crippen LogP contribution in [-0.2, 0) is 9.84 Å². The van der Waals surface area contributed by atoms with Crippen LogP contribution in [0, 0.1) is 5.92 Å². The van der Waals surface area contributed by atoms with Crippen molar-refractivity contribution in [2.24, 2.45) is 5.92 Å². The molecule has 0 aromatic heterocycles. The zero-order valence-electron chi connectivity index (χ0n) is 12.7. The standard InChI is InChI=1S/C14H28N2O2S2/c1-3-12-5-6-15-13(9-12)10-16-7-8-19-11-14(16)20(17,18)4-2/h12-15H,3-11H2,1-2H3. The van der Waals surface area contributed by atoms with E-state index in [1.807, 2.05) is 0 Å². The van der Waals surface area contributed by atoms with Crippen LogP contribution >= 0.6 is 11.8 Å². The van der Waals surface area contributed by atoms with Crippen LogP contribution in [0.4, 0.5) is 0 Å². The Bertz CT molecular complexity index is 400. The smallest absolute Gasteiger partial charge is 0.166 e. The first-order valence-corrected chi connectivity index (χ1v) is 10.7. The van der Waals surface area contributed by atoms with Crippen LogP contribution < -0.4 is 5.32 Å². The molecule has 118 valence electrons. The molecule has 0 spiro atoms. The molecule has 6 heteroatoms. The summed E-state index contributed by atoms with van der Waals surface area (Å²) in [5.74, 6) is 2.85. The van der Waals surface area contributed by atoms with Crippen molar-refractivity contribution in [1.29, 1.82) is 0 Å². The molecule has 0 radical (unpaired) electrons. The van der Waals surface area contributed by atoms with Crippen molar-refractivity contribution in [3.63, 3.8) is 0 Å². The average molecular weight is 321 g/mol. The molecule has 0 aromatic rings. The van der Waals surface area contributed by atoms with Gasteiger partial charge in [0.2, 0.25) is 0 Å². The predicted molar refractivity (Wildman–Crippen MR) is 87.0 cm³/mol. The van der Waals surface area contributed by atoms with E-state index in [4.69, 9.17) is 0 Å². The number of nitrogens with one attached hydrogen (secondary N) is 1. The summed E-state index contributed by atoms with van der Waals surface area (Å²) < 4.78 is 24.5. The third-order valence-electron chi connectivity index (χ3n) is 4.64. The van der Waals surface area contributed by atoms with Crippen LogP contribution in [0.2, 0.25) is 0 Å². The Morgan fingerprint density at radius 3 is 2.85 bits per heavy atom. The first-order chi connectivity index (χ1) is 9.56. The largest absolute Gasteiger partial charge is 0.313 e. The van der Waals surface area contributed by atoms with Gasteiger partial charge in [0, 0.05) is 36.4 Å². The molecule has 0 aromatic carbocycles. The molecular weight excluding hydrogens is 292 g/mol. The van der Waals surface area contributed by atoms with Gasteiger partial charge in [-0.3, -0.25) is 4.90 Å². The maximum Gasteiger partial charge on any atom is 0.166 e. The van der Waals surface area contributed by atoms with Crippen molar-refractivity contribution in [3.05, 3.63) is 0 Å². The monoisotopic (exact) mass is 320 g/mol. The number of piperidine rings is 1. The number of thioether (sulfide) groups is 1. The van der Waals surface area contributed by atoms with E-state index in [0.717, 1.165) is 37.1 Å². The highest BCUT2D eigenvalue weighted by Crippen LogP contribution is 2.24. The fourth-order valence-electron chi connectivity index (χ4n) is 3.24. The molecule has 4 nitrogen and oxygen atoms in total. The van der Waals surface area contributed by atoms with Crippen molar-refractivity contribution < 1.29 is 8.42 Å². The van der Waals surface area contributed by atoms with Crippen LogP contribution in [0.15, 0.2) is 0 Å². The quantitative estimate of drug-likeness (QED) is 0.833. The molecule has 1 N–H and O–H groups in total. The van der Waals surface area contributed by atoms with Crippen molar-refractivity contribution in [3.8, 4) is 0 Å². The second kappa shape index (κ2) is 7.47. The molecule has 0 amide bonds. The second-order valence-electron chi connectivity index (χ2n) is 5.93. The van der Waals surface area contributed by atoms with Gasteiger partial charge < -0.3 is 5.32 Å². The molecular formula is C14H28N2O2S2. The molecule has 20 heavy (non-hydrogen) atoms. The van der Waals surface area contributed by atoms with Gasteiger partial charge in [0.05, 0.1) is 0 Å². The first kappa shape index (κ1) is 16.6. The third kappa shape index (κ3) is 4.12. The Labute approximate surface area is 128 Å². The van der Waals surface area contributed by atoms with Gasteiger partial charge in [0.15, 0.2) is 9.84 Å². The molecule has 2 saturated heterocycles. The van der Waals surface area contributed by atoms with E-state index < -0.39 is 9.84 Å². The Balaban J connectivity index is 1.98. The van der Waals surface area contributed by atoms with Crippen LogP contribution in [0.1, 0.15) is 33.1 Å². The van der Waals surface area contributed by atoms with Crippen molar-refractivity contribution in [2.45, 2.75) is 44.5 Å². The molecule has 2 rings (SSSR count). The first-order valence-electron chi connectivity index (χ1n) is 7.83. The van der Waals surface area contributed by atoms with E-state index in [9.17, 15) is 8.42 Å². The summed E-state index contributed by atoms with van der Waals surface area (Å²) in [6, 6.07) is 0.464. The second-order valence-corrected chi connectivity index (χ2v) is 9.52. The number of hydrogen-bond acceptors (Lipinski definition) is 5. The van der Waals surface area contributed by atoms with Gasteiger partial charge in [-0.05, 0) is 25.3 Å². The third-order valence-corrected chi connectivity index (χ3v) is 7.98. The van der Waals surface area contributed by atoms with Crippen molar-refractivity contribution in [1.82, 2.24) is 10.2 Å². The fourth-order valence-corrected chi connectivity index (χ4v) is 6.33. The lowest BCUT2D eigenvalue weighted by Gasteiger charge is -2.39. The summed E-state index contributed by atoms with van der Waals surface area (Å²) in [4.78, 5) is 2.21. The maximum absolute atomic E-state index is 12.3. The molecule has 2 heterocycles. The van der Waals surface area contributed by atoms with Gasteiger partial charge in [0.25, 0.3) is 0 Å². The molecule has 3 unspecified atom stereocenters. The zero-order chi connectivity index (χ0) is 14.6. The molecule has 2 aliphatic heterocycles. The van der Waals surface area contributed by atoms with Gasteiger partial charge in [-0.1, -0.05) is 20.3 Å². The number of hydrogen-bond donors (Lipinski definition) is 1. The van der Waals surface area contributed by atoms with E-state index in [1.54, 1.807) is 18.7 Å². The molecule has 0 aliphatic carbocycles. The summed E-state index contributed by atoms with van der Waals surface area (Å²) in [6.45, 7) is 6.90. The molecule has 2 aliphatic rings. The molecule has 0 bridgehead atoms. The number of sulfone groups is 1. The van der Waals surface area contributed by atoms with Gasteiger partial charge in [-0.15, -0.1) is 0 Å². The van der Waals surface area contributed by atoms with E-state index in [2.05, 4.69) is 17.1 Å². The van der Waals surface area contributed by atoms with E-state index in [1.165, 1.54) is 19.3 Å². The Morgan fingerprint density at radius 2 is 2.15 bits per heavy atom. The van der Waals surface area contributed by atoms with Crippen molar-refractivity contribution >= 4 is 21.6 Å². The van der Waals surface area contributed by atoms with Crippen LogP contribution in [-0.4, -0.2) is 61.6 Å². The maximum atomic E-state index is 12.3. The summed E-state index contributed by atoms with van der Waals surface area (Å²) in [5, 5.41) is 3.31. The SMILES string of the molecule is CCC1CCNC(CN2CCSCC2S(=O)(=O)CC)C1. The Kier molecular flexibility index (Phi) is 6.20. The summed E-state index contributed by atoms with van der Waals surface area (Å²) >= 11 is 1.77. The highest BCUT2D eigenvalue weighted by Gasteiger charge is 2.34.